The van der Waals surface area contributed by atoms with Crippen LogP contribution in [0, 0.1) is 5.92 Å². The van der Waals surface area contributed by atoms with E-state index in [1.807, 2.05) is 18.8 Å². The van der Waals surface area contributed by atoms with Gasteiger partial charge in [0.25, 0.3) is 0 Å². The number of hydrogen-bond donors (Lipinski definition) is 2. The SMILES string of the molecule is CCC(CC)C(CNC(=NC)NCCSC)N(C)C. The number of likely N-dealkylation sites (N-methyl/N-ethyl adjacent to an activating group) is 1. The third-order valence-corrected chi connectivity index (χ3v) is 4.17. The Morgan fingerprint density at radius 3 is 2.26 bits per heavy atom. The largest absolute Gasteiger partial charge is 0.356 e. The molecule has 5 heteroatoms. The van der Waals surface area contributed by atoms with Crippen LogP contribution in [0.15, 0.2) is 4.99 Å². The summed E-state index contributed by atoms with van der Waals surface area (Å²) in [6, 6.07) is 0.550. The van der Waals surface area contributed by atoms with E-state index in [4.69, 9.17) is 0 Å². The summed E-state index contributed by atoms with van der Waals surface area (Å²) >= 11 is 1.84. The first-order valence-corrected chi connectivity index (χ1v) is 8.59. The van der Waals surface area contributed by atoms with Crippen LogP contribution >= 0.6 is 11.8 Å². The second kappa shape index (κ2) is 11.4. The molecule has 0 amide bonds. The van der Waals surface area contributed by atoms with Gasteiger partial charge in [0.15, 0.2) is 5.96 Å². The third kappa shape index (κ3) is 7.67. The lowest BCUT2D eigenvalue weighted by molar-refractivity contribution is 0.200. The van der Waals surface area contributed by atoms with Gasteiger partial charge in [0.1, 0.15) is 0 Å². The topological polar surface area (TPSA) is 39.7 Å². The molecule has 0 heterocycles. The van der Waals surface area contributed by atoms with Gasteiger partial charge in [-0.05, 0) is 26.3 Å². The lowest BCUT2D eigenvalue weighted by atomic mass is 9.93. The lowest BCUT2D eigenvalue weighted by Crippen LogP contribution is -2.48. The number of nitrogens with zero attached hydrogens (tertiary/aromatic N) is 2. The first kappa shape index (κ1) is 18.6. The maximum absolute atomic E-state index is 4.27. The van der Waals surface area contributed by atoms with Gasteiger partial charge in [0, 0.05) is 31.9 Å². The van der Waals surface area contributed by atoms with Crippen molar-refractivity contribution < 1.29 is 0 Å². The molecule has 0 aromatic heterocycles. The Labute approximate surface area is 123 Å². The van der Waals surface area contributed by atoms with Gasteiger partial charge in [-0.1, -0.05) is 26.7 Å². The van der Waals surface area contributed by atoms with Crippen molar-refractivity contribution in [1.29, 1.82) is 0 Å². The highest BCUT2D eigenvalue weighted by Gasteiger charge is 2.20. The number of nitrogens with one attached hydrogen (secondary N) is 2. The highest BCUT2D eigenvalue weighted by Crippen LogP contribution is 2.16. The maximum atomic E-state index is 4.27. The molecule has 0 aromatic rings. The molecular weight excluding hydrogens is 256 g/mol. The monoisotopic (exact) mass is 288 g/mol. The van der Waals surface area contributed by atoms with E-state index in [1.54, 1.807) is 0 Å². The van der Waals surface area contributed by atoms with Crippen LogP contribution in [0.4, 0.5) is 0 Å². The van der Waals surface area contributed by atoms with Crippen molar-refractivity contribution >= 4 is 17.7 Å². The second-order valence-corrected chi connectivity index (χ2v) is 5.97. The molecule has 0 aliphatic carbocycles. The molecule has 2 N–H and O–H groups in total. The van der Waals surface area contributed by atoms with Crippen LogP contribution in [0.3, 0.4) is 0 Å². The number of aliphatic imine (C=N–C) groups is 1. The Morgan fingerprint density at radius 2 is 1.84 bits per heavy atom. The molecule has 1 unspecified atom stereocenters. The molecule has 0 spiro atoms. The van der Waals surface area contributed by atoms with E-state index in [0.717, 1.165) is 30.7 Å². The van der Waals surface area contributed by atoms with Crippen molar-refractivity contribution in [3.05, 3.63) is 0 Å². The summed E-state index contributed by atoms with van der Waals surface area (Å²) in [7, 11) is 6.15. The fraction of sp³-hybridized carbons (Fsp3) is 0.929. The highest BCUT2D eigenvalue weighted by atomic mass is 32.2. The molecule has 0 aromatic carbocycles. The zero-order valence-electron chi connectivity index (χ0n) is 13.5. The smallest absolute Gasteiger partial charge is 0.191 e. The maximum Gasteiger partial charge on any atom is 0.191 e. The Bertz CT molecular complexity index is 240. The zero-order valence-corrected chi connectivity index (χ0v) is 14.3. The van der Waals surface area contributed by atoms with Gasteiger partial charge in [-0.15, -0.1) is 0 Å². The minimum atomic E-state index is 0.550. The molecule has 0 fully saturated rings. The second-order valence-electron chi connectivity index (χ2n) is 4.98. The molecular formula is C14H32N4S. The van der Waals surface area contributed by atoms with Gasteiger partial charge in [-0.3, -0.25) is 4.99 Å². The van der Waals surface area contributed by atoms with Gasteiger partial charge in [-0.25, -0.2) is 0 Å². The Morgan fingerprint density at radius 1 is 1.21 bits per heavy atom. The van der Waals surface area contributed by atoms with E-state index in [2.05, 4.69) is 54.7 Å². The standard InChI is InChI=1S/C14H32N4S/c1-7-12(8-2)13(18(4)5)11-17-14(15-3)16-9-10-19-6/h12-13H,7-11H2,1-6H3,(H2,15,16,17). The minimum Gasteiger partial charge on any atom is -0.356 e. The van der Waals surface area contributed by atoms with Crippen molar-refractivity contribution in [2.24, 2.45) is 10.9 Å². The molecule has 0 saturated heterocycles. The van der Waals surface area contributed by atoms with Crippen LogP contribution in [0.2, 0.25) is 0 Å². The fourth-order valence-electron chi connectivity index (χ4n) is 2.30. The molecule has 1 atom stereocenters. The normalized spacial score (nSPS) is 14.0. The number of guanidine groups is 1. The van der Waals surface area contributed by atoms with Crippen LogP contribution in [0.5, 0.6) is 0 Å². The summed E-state index contributed by atoms with van der Waals surface area (Å²) in [5, 5.41) is 6.79. The van der Waals surface area contributed by atoms with Gasteiger partial charge < -0.3 is 15.5 Å². The predicted molar refractivity (Wildman–Crippen MR) is 89.3 cm³/mol. The molecule has 19 heavy (non-hydrogen) atoms. The number of hydrogen-bond acceptors (Lipinski definition) is 3. The predicted octanol–water partition coefficient (Wildman–Crippen LogP) is 1.88. The molecule has 114 valence electrons. The summed E-state index contributed by atoms with van der Waals surface area (Å²) in [5.74, 6) is 2.74. The minimum absolute atomic E-state index is 0.550. The van der Waals surface area contributed by atoms with Gasteiger partial charge in [0.2, 0.25) is 0 Å². The number of thioether (sulfide) groups is 1. The highest BCUT2D eigenvalue weighted by molar-refractivity contribution is 7.98. The average molecular weight is 289 g/mol. The van der Waals surface area contributed by atoms with E-state index in [0.29, 0.717) is 6.04 Å². The van der Waals surface area contributed by atoms with E-state index in [1.165, 1.54) is 12.8 Å². The van der Waals surface area contributed by atoms with Crippen molar-refractivity contribution in [3.63, 3.8) is 0 Å². The molecule has 4 nitrogen and oxygen atoms in total. The van der Waals surface area contributed by atoms with Gasteiger partial charge >= 0.3 is 0 Å². The van der Waals surface area contributed by atoms with Crippen molar-refractivity contribution in [2.45, 2.75) is 32.7 Å². The Kier molecular flexibility index (Phi) is 11.2. The summed E-state index contributed by atoms with van der Waals surface area (Å²) < 4.78 is 0. The van der Waals surface area contributed by atoms with E-state index >= 15 is 0 Å². The lowest BCUT2D eigenvalue weighted by Gasteiger charge is -2.32. The first-order valence-electron chi connectivity index (χ1n) is 7.20. The Hall–Kier alpha value is -0.420. The van der Waals surface area contributed by atoms with E-state index in [-0.39, 0.29) is 0 Å². The number of rotatable bonds is 9. The van der Waals surface area contributed by atoms with Gasteiger partial charge in [-0.2, -0.15) is 11.8 Å². The van der Waals surface area contributed by atoms with E-state index < -0.39 is 0 Å². The molecule has 0 aliphatic heterocycles. The quantitative estimate of drug-likeness (QED) is 0.386. The van der Waals surface area contributed by atoms with Crippen LogP contribution < -0.4 is 10.6 Å². The molecule has 0 bridgehead atoms. The average Bonchev–Trinajstić information content (AvgIpc) is 2.41. The molecule has 0 rings (SSSR count). The molecule has 0 saturated carbocycles. The van der Waals surface area contributed by atoms with Crippen molar-refractivity contribution in [2.75, 3.05) is 46.2 Å². The van der Waals surface area contributed by atoms with Crippen molar-refractivity contribution in [3.8, 4) is 0 Å². The van der Waals surface area contributed by atoms with Crippen molar-refractivity contribution in [1.82, 2.24) is 15.5 Å². The first-order chi connectivity index (χ1) is 9.10. The summed E-state index contributed by atoms with van der Waals surface area (Å²) in [6.45, 7) is 6.45. The van der Waals surface area contributed by atoms with Gasteiger partial charge in [0.05, 0.1) is 0 Å². The molecule has 0 radical (unpaired) electrons. The summed E-state index contributed by atoms with van der Waals surface area (Å²) in [4.78, 5) is 6.59. The van der Waals surface area contributed by atoms with Crippen LogP contribution in [-0.4, -0.2) is 63.1 Å². The third-order valence-electron chi connectivity index (χ3n) is 3.56. The zero-order chi connectivity index (χ0) is 14.7. The summed E-state index contributed by atoms with van der Waals surface area (Å²) in [5.41, 5.74) is 0. The van der Waals surface area contributed by atoms with E-state index in [9.17, 15) is 0 Å². The molecule has 0 aliphatic rings. The summed E-state index contributed by atoms with van der Waals surface area (Å²) in [6.07, 6.45) is 4.56. The van der Waals surface area contributed by atoms with Crippen LogP contribution in [0.1, 0.15) is 26.7 Å². The fourth-order valence-corrected chi connectivity index (χ4v) is 2.60. The van der Waals surface area contributed by atoms with Crippen LogP contribution in [0.25, 0.3) is 0 Å². The Balaban J connectivity index is 4.28. The van der Waals surface area contributed by atoms with Crippen LogP contribution in [-0.2, 0) is 0 Å².